The van der Waals surface area contributed by atoms with Gasteiger partial charge in [-0.15, -0.1) is 0 Å². The molecule has 0 unspecified atom stereocenters. The van der Waals surface area contributed by atoms with Crippen molar-refractivity contribution < 1.29 is 9.59 Å². The van der Waals surface area contributed by atoms with Crippen LogP contribution >= 0.6 is 0 Å². The third-order valence-electron chi connectivity index (χ3n) is 4.02. The zero-order valence-electron chi connectivity index (χ0n) is 16.1. The summed E-state index contributed by atoms with van der Waals surface area (Å²) >= 11 is 0. The van der Waals surface area contributed by atoms with Crippen molar-refractivity contribution in [2.75, 3.05) is 29.6 Å². The number of hydrogen-bond acceptors (Lipinski definition) is 3. The van der Waals surface area contributed by atoms with Crippen molar-refractivity contribution >= 4 is 28.9 Å². The molecule has 2 aromatic rings. The van der Waals surface area contributed by atoms with Crippen LogP contribution in [0.4, 0.5) is 17.1 Å². The lowest BCUT2D eigenvalue weighted by molar-refractivity contribution is -0.123. The predicted octanol–water partition coefficient (Wildman–Crippen LogP) is 4.02. The molecule has 2 rings (SSSR count). The first-order chi connectivity index (χ1) is 12.1. The summed E-state index contributed by atoms with van der Waals surface area (Å²) in [5, 5.41) is 5.49. The molecular weight excluding hydrogens is 326 g/mol. The van der Waals surface area contributed by atoms with E-state index in [0.717, 1.165) is 5.69 Å². The minimum atomic E-state index is -0.341. The molecule has 0 spiro atoms. The highest BCUT2D eigenvalue weighted by Crippen LogP contribution is 2.23. The molecule has 0 bridgehead atoms. The summed E-state index contributed by atoms with van der Waals surface area (Å²) in [5.41, 5.74) is 3.65. The fraction of sp³-hybridized carbons (Fsp3) is 0.333. The molecule has 0 radical (unpaired) electrons. The quantitative estimate of drug-likeness (QED) is 0.798. The van der Waals surface area contributed by atoms with Crippen molar-refractivity contribution in [3.63, 3.8) is 0 Å². The normalized spacial score (nSPS) is 11.0. The van der Waals surface area contributed by atoms with Gasteiger partial charge in [-0.2, -0.15) is 0 Å². The number of benzene rings is 2. The second-order valence-corrected chi connectivity index (χ2v) is 7.54. The number of anilines is 3. The Labute approximate surface area is 155 Å². The van der Waals surface area contributed by atoms with E-state index in [1.807, 2.05) is 67.5 Å². The molecule has 0 aliphatic carbocycles. The molecule has 5 nitrogen and oxygen atoms in total. The Balaban J connectivity index is 1.88. The molecule has 0 heterocycles. The Bertz CT molecular complexity index is 757. The Morgan fingerprint density at radius 2 is 1.23 bits per heavy atom. The van der Waals surface area contributed by atoms with Crippen LogP contribution in [0.3, 0.4) is 0 Å². The topological polar surface area (TPSA) is 61.4 Å². The lowest BCUT2D eigenvalue weighted by atomic mass is 9.87. The van der Waals surface area contributed by atoms with Crippen LogP contribution in [0.5, 0.6) is 0 Å². The van der Waals surface area contributed by atoms with Crippen molar-refractivity contribution in [3.8, 4) is 0 Å². The Morgan fingerprint density at radius 1 is 0.808 bits per heavy atom. The minimum Gasteiger partial charge on any atom is -0.378 e. The van der Waals surface area contributed by atoms with E-state index in [-0.39, 0.29) is 23.7 Å². The van der Waals surface area contributed by atoms with Gasteiger partial charge in [0, 0.05) is 31.2 Å². The van der Waals surface area contributed by atoms with E-state index in [2.05, 4.69) is 31.4 Å². The molecule has 0 aliphatic heterocycles. The van der Waals surface area contributed by atoms with Crippen molar-refractivity contribution in [2.45, 2.75) is 32.6 Å². The van der Waals surface area contributed by atoms with Crippen molar-refractivity contribution in [3.05, 3.63) is 54.1 Å². The molecule has 0 fully saturated rings. The standard InChI is InChI=1S/C21H27N3O2/c1-21(2,3)15-6-8-16(9-7-15)22-19(25)14-20(26)23-17-10-12-18(13-11-17)24(4)5/h6-13H,14H2,1-5H3,(H,22,25)(H,23,26). The molecule has 2 aromatic carbocycles. The van der Waals surface area contributed by atoms with Gasteiger partial charge >= 0.3 is 0 Å². The molecule has 2 N–H and O–H groups in total. The van der Waals surface area contributed by atoms with Crippen molar-refractivity contribution in [1.29, 1.82) is 0 Å². The van der Waals surface area contributed by atoms with Gasteiger partial charge in [0.25, 0.3) is 0 Å². The highest BCUT2D eigenvalue weighted by molar-refractivity contribution is 6.08. The third kappa shape index (κ3) is 5.62. The van der Waals surface area contributed by atoms with Crippen LogP contribution in [0, 0.1) is 0 Å². The molecular formula is C21H27N3O2. The van der Waals surface area contributed by atoms with Crippen LogP contribution < -0.4 is 15.5 Å². The maximum absolute atomic E-state index is 12.1. The first-order valence-electron chi connectivity index (χ1n) is 8.63. The fourth-order valence-corrected chi connectivity index (χ4v) is 2.45. The van der Waals surface area contributed by atoms with E-state index in [1.165, 1.54) is 5.56 Å². The van der Waals surface area contributed by atoms with E-state index in [9.17, 15) is 9.59 Å². The highest BCUT2D eigenvalue weighted by atomic mass is 16.2. The maximum atomic E-state index is 12.1. The van der Waals surface area contributed by atoms with Crippen LogP contribution in [0.2, 0.25) is 0 Å². The lowest BCUT2D eigenvalue weighted by Gasteiger charge is -2.19. The minimum absolute atomic E-state index is 0.0601. The highest BCUT2D eigenvalue weighted by Gasteiger charge is 2.14. The molecule has 5 heteroatoms. The number of nitrogens with zero attached hydrogens (tertiary/aromatic N) is 1. The zero-order valence-corrected chi connectivity index (χ0v) is 16.1. The fourth-order valence-electron chi connectivity index (χ4n) is 2.45. The van der Waals surface area contributed by atoms with E-state index in [0.29, 0.717) is 11.4 Å². The van der Waals surface area contributed by atoms with Crippen LogP contribution in [0.1, 0.15) is 32.8 Å². The lowest BCUT2D eigenvalue weighted by Crippen LogP contribution is -2.21. The van der Waals surface area contributed by atoms with Crippen molar-refractivity contribution in [1.82, 2.24) is 0 Å². The second kappa shape index (κ2) is 8.04. The Morgan fingerprint density at radius 3 is 1.62 bits per heavy atom. The number of hydrogen-bond donors (Lipinski definition) is 2. The van der Waals surface area contributed by atoms with E-state index >= 15 is 0 Å². The van der Waals surface area contributed by atoms with E-state index in [4.69, 9.17) is 0 Å². The summed E-state index contributed by atoms with van der Waals surface area (Å²) in [4.78, 5) is 26.1. The summed E-state index contributed by atoms with van der Waals surface area (Å²) in [6.45, 7) is 6.40. The van der Waals surface area contributed by atoms with Gasteiger partial charge in [0.15, 0.2) is 0 Å². The van der Waals surface area contributed by atoms with E-state index < -0.39 is 0 Å². The summed E-state index contributed by atoms with van der Waals surface area (Å²) in [7, 11) is 3.90. The van der Waals surface area contributed by atoms with Gasteiger partial charge in [-0.05, 0) is 47.4 Å². The molecule has 0 atom stereocenters. The van der Waals surface area contributed by atoms with E-state index in [1.54, 1.807) is 0 Å². The smallest absolute Gasteiger partial charge is 0.233 e. The summed E-state index contributed by atoms with van der Waals surface area (Å²) in [6, 6.07) is 15.1. The monoisotopic (exact) mass is 353 g/mol. The average molecular weight is 353 g/mol. The summed E-state index contributed by atoms with van der Waals surface area (Å²) < 4.78 is 0. The first kappa shape index (κ1) is 19.5. The van der Waals surface area contributed by atoms with Gasteiger partial charge in [-0.3, -0.25) is 9.59 Å². The molecule has 26 heavy (non-hydrogen) atoms. The largest absolute Gasteiger partial charge is 0.378 e. The Kier molecular flexibility index (Phi) is 6.03. The first-order valence-corrected chi connectivity index (χ1v) is 8.63. The molecule has 138 valence electrons. The van der Waals surface area contributed by atoms with Gasteiger partial charge in [0.1, 0.15) is 6.42 Å². The number of nitrogens with one attached hydrogen (secondary N) is 2. The summed E-state index contributed by atoms with van der Waals surface area (Å²) in [5.74, 6) is -0.678. The van der Waals surface area contributed by atoms with Gasteiger partial charge in [0.05, 0.1) is 0 Å². The molecule has 0 aromatic heterocycles. The number of carbonyl (C=O) groups is 2. The third-order valence-corrected chi connectivity index (χ3v) is 4.02. The van der Waals surface area contributed by atoms with Gasteiger partial charge in [-0.1, -0.05) is 32.9 Å². The van der Waals surface area contributed by atoms with Gasteiger partial charge in [-0.25, -0.2) is 0 Å². The Hall–Kier alpha value is -2.82. The maximum Gasteiger partial charge on any atom is 0.233 e. The van der Waals surface area contributed by atoms with Crippen LogP contribution in [-0.2, 0) is 15.0 Å². The number of carbonyl (C=O) groups excluding carboxylic acids is 2. The predicted molar refractivity (Wildman–Crippen MR) is 108 cm³/mol. The molecule has 0 saturated carbocycles. The van der Waals surface area contributed by atoms with Crippen molar-refractivity contribution in [2.24, 2.45) is 0 Å². The van der Waals surface area contributed by atoms with Crippen LogP contribution in [-0.4, -0.2) is 25.9 Å². The molecule has 2 amide bonds. The second-order valence-electron chi connectivity index (χ2n) is 7.54. The number of amides is 2. The summed E-state index contributed by atoms with van der Waals surface area (Å²) in [6.07, 6.45) is -0.226. The van der Waals surface area contributed by atoms with Gasteiger partial charge < -0.3 is 15.5 Å². The molecule has 0 aliphatic rings. The molecule has 0 saturated heterocycles. The number of rotatable bonds is 5. The van der Waals surface area contributed by atoms with Gasteiger partial charge in [0.2, 0.25) is 11.8 Å². The zero-order chi connectivity index (χ0) is 19.3. The van der Waals surface area contributed by atoms with Crippen LogP contribution in [0.25, 0.3) is 0 Å². The van der Waals surface area contributed by atoms with Crippen LogP contribution in [0.15, 0.2) is 48.5 Å². The average Bonchev–Trinajstić information content (AvgIpc) is 2.54. The SMILES string of the molecule is CN(C)c1ccc(NC(=O)CC(=O)Nc2ccc(C(C)(C)C)cc2)cc1.